The summed E-state index contributed by atoms with van der Waals surface area (Å²) in [5.74, 6) is -0.633. The summed E-state index contributed by atoms with van der Waals surface area (Å²) in [4.78, 5) is 9.88. The van der Waals surface area contributed by atoms with Crippen LogP contribution < -0.4 is 0 Å². The molecule has 1 aromatic rings. The van der Waals surface area contributed by atoms with Gasteiger partial charge in [0, 0.05) is 6.07 Å². The van der Waals surface area contributed by atoms with Crippen LogP contribution in [-0.4, -0.2) is 10.0 Å². The zero-order valence-corrected chi connectivity index (χ0v) is 8.78. The molecule has 1 unspecified atom stereocenters. The van der Waals surface area contributed by atoms with Gasteiger partial charge in [-0.15, -0.1) is 0 Å². The minimum Gasteiger partial charge on any atom is -0.388 e. The van der Waals surface area contributed by atoms with Crippen molar-refractivity contribution in [2.75, 3.05) is 0 Å². The Morgan fingerprint density at radius 3 is 2.64 bits per heavy atom. The molecule has 0 saturated heterocycles. The van der Waals surface area contributed by atoms with E-state index < -0.39 is 16.8 Å². The maximum atomic E-state index is 13.0. The first-order valence-electron chi connectivity index (χ1n) is 3.75. The Bertz CT molecular complexity index is 381. The third-order valence-electron chi connectivity index (χ3n) is 1.72. The number of aliphatic hydroxyl groups is 1. The molecule has 0 aromatic heterocycles. The predicted octanol–water partition coefficient (Wildman–Crippen LogP) is 2.55. The van der Waals surface area contributed by atoms with Gasteiger partial charge >= 0.3 is 0 Å². The molecule has 0 fully saturated rings. The smallest absolute Gasteiger partial charge is 0.276 e. The quantitative estimate of drug-likeness (QED) is 0.659. The van der Waals surface area contributed by atoms with Crippen LogP contribution in [0.5, 0.6) is 0 Å². The molecule has 1 aromatic carbocycles. The number of aliphatic hydroxyl groups excluding tert-OH is 1. The van der Waals surface area contributed by atoms with Gasteiger partial charge in [-0.05, 0) is 28.9 Å². The summed E-state index contributed by atoms with van der Waals surface area (Å²) in [7, 11) is 0. The summed E-state index contributed by atoms with van der Waals surface area (Å²) in [5.41, 5.74) is -0.330. The van der Waals surface area contributed by atoms with E-state index >= 15 is 0 Å². The lowest BCUT2D eigenvalue weighted by Crippen LogP contribution is -2.00. The fraction of sp³-hybridized carbons (Fsp3) is 0.250. The maximum Gasteiger partial charge on any atom is 0.276 e. The van der Waals surface area contributed by atoms with Crippen molar-refractivity contribution < 1.29 is 14.4 Å². The largest absolute Gasteiger partial charge is 0.388 e. The zero-order chi connectivity index (χ0) is 10.9. The van der Waals surface area contributed by atoms with Crippen LogP contribution in [0.3, 0.4) is 0 Å². The Hall–Kier alpha value is -1.01. The fourth-order valence-corrected chi connectivity index (χ4v) is 1.38. The molecule has 0 spiro atoms. The molecule has 0 heterocycles. The van der Waals surface area contributed by atoms with E-state index in [4.69, 9.17) is 0 Å². The molecule has 76 valence electrons. The van der Waals surface area contributed by atoms with Crippen molar-refractivity contribution in [1.29, 1.82) is 0 Å². The maximum absolute atomic E-state index is 13.0. The van der Waals surface area contributed by atoms with Crippen molar-refractivity contribution in [2.24, 2.45) is 0 Å². The van der Waals surface area contributed by atoms with E-state index in [1.54, 1.807) is 0 Å². The lowest BCUT2D eigenvalue weighted by Gasteiger charge is -2.06. The Morgan fingerprint density at radius 1 is 1.64 bits per heavy atom. The highest BCUT2D eigenvalue weighted by Gasteiger charge is 2.20. The number of nitro benzene ring substituents is 1. The van der Waals surface area contributed by atoms with E-state index in [-0.39, 0.29) is 15.7 Å². The zero-order valence-electron chi connectivity index (χ0n) is 7.20. The Morgan fingerprint density at radius 2 is 2.21 bits per heavy atom. The molecule has 14 heavy (non-hydrogen) atoms. The van der Waals surface area contributed by atoms with E-state index in [0.717, 1.165) is 12.1 Å². The second-order valence-corrected chi connectivity index (χ2v) is 3.61. The molecule has 6 heteroatoms. The van der Waals surface area contributed by atoms with E-state index in [1.807, 2.05) is 0 Å². The van der Waals surface area contributed by atoms with Crippen molar-refractivity contribution >= 4 is 21.6 Å². The van der Waals surface area contributed by atoms with Gasteiger partial charge in [0.05, 0.1) is 21.1 Å². The van der Waals surface area contributed by atoms with Crippen LogP contribution in [0.1, 0.15) is 18.6 Å². The molecule has 0 aliphatic rings. The molecular weight excluding hydrogens is 257 g/mol. The van der Waals surface area contributed by atoms with Crippen LogP contribution in [0.15, 0.2) is 16.6 Å². The predicted molar refractivity (Wildman–Crippen MR) is 51.4 cm³/mol. The number of nitrogens with zero attached hydrogens (tertiary/aromatic N) is 1. The molecule has 0 bridgehead atoms. The minimum atomic E-state index is -1.07. The third-order valence-corrected chi connectivity index (χ3v) is 2.32. The summed E-state index contributed by atoms with van der Waals surface area (Å²) in [6, 6.07) is 1.99. The number of nitro groups is 1. The Kier molecular flexibility index (Phi) is 3.17. The summed E-state index contributed by atoms with van der Waals surface area (Å²) in [5, 5.41) is 19.7. The molecule has 0 aliphatic carbocycles. The minimum absolute atomic E-state index is 0.00796. The molecule has 0 radical (unpaired) electrons. The van der Waals surface area contributed by atoms with Gasteiger partial charge in [0.15, 0.2) is 0 Å². The lowest BCUT2D eigenvalue weighted by atomic mass is 10.1. The summed E-state index contributed by atoms with van der Waals surface area (Å²) >= 11 is 2.84. The number of rotatable bonds is 2. The number of halogens is 2. The normalized spacial score (nSPS) is 12.6. The Labute approximate surface area is 87.6 Å². The second-order valence-electron chi connectivity index (χ2n) is 2.76. The van der Waals surface area contributed by atoms with E-state index in [9.17, 15) is 19.6 Å². The van der Waals surface area contributed by atoms with Crippen LogP contribution in [0.4, 0.5) is 10.1 Å². The monoisotopic (exact) mass is 263 g/mol. The molecule has 4 nitrogen and oxygen atoms in total. The summed E-state index contributed by atoms with van der Waals surface area (Å²) in [6.45, 7) is 1.34. The molecule has 0 amide bonds. The molecule has 1 N–H and O–H groups in total. The van der Waals surface area contributed by atoms with Crippen LogP contribution >= 0.6 is 15.9 Å². The standard InChI is InChI=1S/C8H7BrFNO3/c1-4(12)5-2-7(10)6(9)3-8(5)11(13)14/h2-4,12H,1H3. The highest BCUT2D eigenvalue weighted by molar-refractivity contribution is 9.10. The topological polar surface area (TPSA) is 63.4 Å². The van der Waals surface area contributed by atoms with Gasteiger partial charge in [-0.2, -0.15) is 0 Å². The average molecular weight is 264 g/mol. The number of hydrogen-bond acceptors (Lipinski definition) is 3. The van der Waals surface area contributed by atoms with Gasteiger partial charge in [-0.25, -0.2) is 4.39 Å². The number of benzene rings is 1. The first kappa shape index (κ1) is 11.1. The van der Waals surface area contributed by atoms with Gasteiger partial charge in [0.2, 0.25) is 0 Å². The van der Waals surface area contributed by atoms with Gasteiger partial charge in [0.25, 0.3) is 5.69 Å². The van der Waals surface area contributed by atoms with Gasteiger partial charge in [-0.3, -0.25) is 10.1 Å². The third kappa shape index (κ3) is 2.08. The highest BCUT2D eigenvalue weighted by atomic mass is 79.9. The summed E-state index contributed by atoms with van der Waals surface area (Å²) in [6.07, 6.45) is -1.07. The van der Waals surface area contributed by atoms with Crippen molar-refractivity contribution in [2.45, 2.75) is 13.0 Å². The van der Waals surface area contributed by atoms with Crippen molar-refractivity contribution in [3.8, 4) is 0 Å². The molecule has 1 atom stereocenters. The second kappa shape index (κ2) is 4.02. The van der Waals surface area contributed by atoms with Gasteiger partial charge < -0.3 is 5.11 Å². The first-order valence-corrected chi connectivity index (χ1v) is 4.54. The Balaban J connectivity index is 3.39. The summed E-state index contributed by atoms with van der Waals surface area (Å²) < 4.78 is 13.0. The van der Waals surface area contributed by atoms with E-state index in [2.05, 4.69) is 15.9 Å². The van der Waals surface area contributed by atoms with Crippen LogP contribution in [0.2, 0.25) is 0 Å². The molecule has 1 rings (SSSR count). The van der Waals surface area contributed by atoms with E-state index in [1.165, 1.54) is 6.92 Å². The van der Waals surface area contributed by atoms with Crippen LogP contribution in [0.25, 0.3) is 0 Å². The number of hydrogen-bond donors (Lipinski definition) is 1. The van der Waals surface area contributed by atoms with Gasteiger partial charge in [-0.1, -0.05) is 0 Å². The molecular formula is C8H7BrFNO3. The van der Waals surface area contributed by atoms with E-state index in [0.29, 0.717) is 0 Å². The van der Waals surface area contributed by atoms with Crippen molar-refractivity contribution in [1.82, 2.24) is 0 Å². The van der Waals surface area contributed by atoms with Crippen LogP contribution in [0, 0.1) is 15.9 Å². The van der Waals surface area contributed by atoms with Crippen LogP contribution in [-0.2, 0) is 0 Å². The first-order chi connectivity index (χ1) is 6.43. The SMILES string of the molecule is CC(O)c1cc(F)c(Br)cc1[N+](=O)[O-]. The molecule has 0 saturated carbocycles. The van der Waals surface area contributed by atoms with Crippen molar-refractivity contribution in [3.63, 3.8) is 0 Å². The highest BCUT2D eigenvalue weighted by Crippen LogP contribution is 2.30. The average Bonchev–Trinajstić information content (AvgIpc) is 2.08. The fourth-order valence-electron chi connectivity index (χ4n) is 1.04. The van der Waals surface area contributed by atoms with Crippen molar-refractivity contribution in [3.05, 3.63) is 38.1 Å². The lowest BCUT2D eigenvalue weighted by molar-refractivity contribution is -0.386. The molecule has 0 aliphatic heterocycles. The van der Waals surface area contributed by atoms with Gasteiger partial charge in [0.1, 0.15) is 5.82 Å².